The van der Waals surface area contributed by atoms with Crippen LogP contribution in [0.4, 0.5) is 0 Å². The molecule has 1 aliphatic heterocycles. The first-order valence-corrected chi connectivity index (χ1v) is 6.20. The number of aromatic nitrogens is 2. The standard InChI is InChI=1S/C12H16ClN3O2/c1-8-6-9(15-11(13)14-8)10(17)16-4-5-18-12(2,3)7-16/h6H,4-5,7H2,1-3H3. The summed E-state index contributed by atoms with van der Waals surface area (Å²) in [6, 6.07) is 1.65. The molecule has 1 saturated heterocycles. The molecule has 0 unspecified atom stereocenters. The van der Waals surface area contributed by atoms with Gasteiger partial charge in [0.2, 0.25) is 5.28 Å². The van der Waals surface area contributed by atoms with Crippen LogP contribution < -0.4 is 0 Å². The van der Waals surface area contributed by atoms with Crippen molar-refractivity contribution >= 4 is 17.5 Å². The lowest BCUT2D eigenvalue weighted by Gasteiger charge is -2.37. The molecule has 1 aromatic heterocycles. The van der Waals surface area contributed by atoms with E-state index >= 15 is 0 Å². The van der Waals surface area contributed by atoms with Crippen molar-refractivity contribution in [3.8, 4) is 0 Å². The number of morpholine rings is 1. The van der Waals surface area contributed by atoms with E-state index in [4.69, 9.17) is 16.3 Å². The monoisotopic (exact) mass is 269 g/mol. The summed E-state index contributed by atoms with van der Waals surface area (Å²) in [5.41, 5.74) is 0.704. The van der Waals surface area contributed by atoms with Crippen molar-refractivity contribution < 1.29 is 9.53 Å². The quantitative estimate of drug-likeness (QED) is 0.728. The van der Waals surface area contributed by atoms with Crippen LogP contribution in [0.1, 0.15) is 30.0 Å². The van der Waals surface area contributed by atoms with Gasteiger partial charge in [-0.05, 0) is 38.4 Å². The summed E-state index contributed by atoms with van der Waals surface area (Å²) in [5.74, 6) is -0.126. The average molecular weight is 270 g/mol. The molecule has 1 fully saturated rings. The van der Waals surface area contributed by atoms with Crippen molar-refractivity contribution in [3.63, 3.8) is 0 Å². The van der Waals surface area contributed by atoms with E-state index in [0.29, 0.717) is 31.1 Å². The fraction of sp³-hybridized carbons (Fsp3) is 0.583. The average Bonchev–Trinajstić information content (AvgIpc) is 2.25. The second kappa shape index (κ2) is 4.82. The van der Waals surface area contributed by atoms with Gasteiger partial charge in [0.05, 0.1) is 12.2 Å². The Bertz CT molecular complexity index is 456. The van der Waals surface area contributed by atoms with Gasteiger partial charge in [-0.25, -0.2) is 9.97 Å². The van der Waals surface area contributed by atoms with Crippen LogP contribution in [0.5, 0.6) is 0 Å². The van der Waals surface area contributed by atoms with Crippen LogP contribution >= 0.6 is 11.6 Å². The van der Waals surface area contributed by atoms with E-state index in [-0.39, 0.29) is 16.8 Å². The molecule has 0 radical (unpaired) electrons. The predicted molar refractivity (Wildman–Crippen MR) is 67.7 cm³/mol. The zero-order valence-electron chi connectivity index (χ0n) is 10.7. The lowest BCUT2D eigenvalue weighted by molar-refractivity contribution is -0.0765. The fourth-order valence-corrected chi connectivity index (χ4v) is 2.22. The highest BCUT2D eigenvalue weighted by Gasteiger charge is 2.31. The SMILES string of the molecule is Cc1cc(C(=O)N2CCOC(C)(C)C2)nc(Cl)n1. The van der Waals surface area contributed by atoms with E-state index in [1.807, 2.05) is 13.8 Å². The van der Waals surface area contributed by atoms with Gasteiger partial charge >= 0.3 is 0 Å². The first kappa shape index (κ1) is 13.2. The predicted octanol–water partition coefficient (Wildman–Crippen LogP) is 1.69. The maximum Gasteiger partial charge on any atom is 0.272 e. The van der Waals surface area contributed by atoms with Crippen LogP contribution in [0, 0.1) is 6.92 Å². The first-order chi connectivity index (χ1) is 8.37. The molecule has 0 spiro atoms. The second-order valence-corrected chi connectivity index (χ2v) is 5.34. The van der Waals surface area contributed by atoms with Crippen molar-refractivity contribution in [2.75, 3.05) is 19.7 Å². The van der Waals surface area contributed by atoms with Gasteiger partial charge in [-0.3, -0.25) is 4.79 Å². The maximum absolute atomic E-state index is 12.3. The van der Waals surface area contributed by atoms with Crippen molar-refractivity contribution in [2.45, 2.75) is 26.4 Å². The third-order valence-corrected chi connectivity index (χ3v) is 2.93. The number of rotatable bonds is 1. The number of carbonyl (C=O) groups is 1. The zero-order chi connectivity index (χ0) is 13.3. The summed E-state index contributed by atoms with van der Waals surface area (Å²) in [4.78, 5) is 22.0. The van der Waals surface area contributed by atoms with E-state index in [2.05, 4.69) is 9.97 Å². The van der Waals surface area contributed by atoms with E-state index < -0.39 is 0 Å². The summed E-state index contributed by atoms with van der Waals surface area (Å²) < 4.78 is 5.58. The lowest BCUT2D eigenvalue weighted by Crippen LogP contribution is -2.50. The molecule has 6 heteroatoms. The molecule has 18 heavy (non-hydrogen) atoms. The molecule has 0 aromatic carbocycles. The summed E-state index contributed by atoms with van der Waals surface area (Å²) in [7, 11) is 0. The minimum Gasteiger partial charge on any atom is -0.372 e. The Balaban J connectivity index is 2.20. The molecular formula is C12H16ClN3O2. The Morgan fingerprint density at radius 2 is 2.22 bits per heavy atom. The smallest absolute Gasteiger partial charge is 0.272 e. The van der Waals surface area contributed by atoms with Crippen molar-refractivity contribution in [2.24, 2.45) is 0 Å². The normalized spacial score (nSPS) is 18.8. The van der Waals surface area contributed by atoms with Crippen LogP contribution in [0.3, 0.4) is 0 Å². The first-order valence-electron chi connectivity index (χ1n) is 5.82. The molecule has 0 aliphatic carbocycles. The Morgan fingerprint density at radius 1 is 1.50 bits per heavy atom. The molecule has 2 heterocycles. The molecule has 1 amide bonds. The van der Waals surface area contributed by atoms with E-state index in [0.717, 1.165) is 0 Å². The Hall–Kier alpha value is -1.20. The summed E-state index contributed by atoms with van der Waals surface area (Å²) in [6.45, 7) is 7.37. The van der Waals surface area contributed by atoms with Crippen LogP contribution in [0.25, 0.3) is 0 Å². The highest BCUT2D eigenvalue weighted by Crippen LogP contribution is 2.18. The topological polar surface area (TPSA) is 55.3 Å². The summed E-state index contributed by atoms with van der Waals surface area (Å²) >= 11 is 5.77. The highest BCUT2D eigenvalue weighted by molar-refractivity contribution is 6.28. The van der Waals surface area contributed by atoms with Crippen LogP contribution in [0.2, 0.25) is 5.28 Å². The Morgan fingerprint density at radius 3 is 2.83 bits per heavy atom. The number of amides is 1. The van der Waals surface area contributed by atoms with Crippen molar-refractivity contribution in [1.82, 2.24) is 14.9 Å². The summed E-state index contributed by atoms with van der Waals surface area (Å²) in [5, 5.41) is 0.103. The minimum absolute atomic E-state index is 0.103. The van der Waals surface area contributed by atoms with Gasteiger partial charge in [-0.15, -0.1) is 0 Å². The molecule has 5 nitrogen and oxygen atoms in total. The van der Waals surface area contributed by atoms with Gasteiger partial charge in [0.15, 0.2) is 0 Å². The van der Waals surface area contributed by atoms with Crippen LogP contribution in [-0.2, 0) is 4.74 Å². The largest absolute Gasteiger partial charge is 0.372 e. The van der Waals surface area contributed by atoms with Crippen molar-refractivity contribution in [3.05, 3.63) is 22.7 Å². The van der Waals surface area contributed by atoms with Gasteiger partial charge in [-0.1, -0.05) is 0 Å². The Kier molecular flexibility index (Phi) is 3.54. The van der Waals surface area contributed by atoms with E-state index in [1.165, 1.54) is 0 Å². The third-order valence-electron chi connectivity index (χ3n) is 2.76. The van der Waals surface area contributed by atoms with Gasteiger partial charge in [0.25, 0.3) is 5.91 Å². The maximum atomic E-state index is 12.3. The van der Waals surface area contributed by atoms with Crippen LogP contribution in [0.15, 0.2) is 6.07 Å². The molecule has 0 bridgehead atoms. The van der Waals surface area contributed by atoms with Gasteiger partial charge in [0, 0.05) is 18.8 Å². The summed E-state index contributed by atoms with van der Waals surface area (Å²) in [6.07, 6.45) is 0. The number of nitrogens with zero attached hydrogens (tertiary/aromatic N) is 3. The molecule has 1 aliphatic rings. The molecular weight excluding hydrogens is 254 g/mol. The third kappa shape index (κ3) is 2.97. The molecule has 0 N–H and O–H groups in total. The molecule has 2 rings (SSSR count). The number of carbonyl (C=O) groups excluding carboxylic acids is 1. The lowest BCUT2D eigenvalue weighted by atomic mass is 10.1. The molecule has 98 valence electrons. The fourth-order valence-electron chi connectivity index (χ4n) is 1.99. The number of halogens is 1. The van der Waals surface area contributed by atoms with Crippen molar-refractivity contribution in [1.29, 1.82) is 0 Å². The number of aryl methyl sites for hydroxylation is 1. The zero-order valence-corrected chi connectivity index (χ0v) is 11.5. The van der Waals surface area contributed by atoms with Gasteiger partial charge < -0.3 is 9.64 Å². The highest BCUT2D eigenvalue weighted by atomic mass is 35.5. The van der Waals surface area contributed by atoms with E-state index in [9.17, 15) is 4.79 Å². The molecule has 0 atom stereocenters. The minimum atomic E-state index is -0.320. The van der Waals surface area contributed by atoms with E-state index in [1.54, 1.807) is 17.9 Å². The molecule has 1 aromatic rings. The number of hydrogen-bond acceptors (Lipinski definition) is 4. The van der Waals surface area contributed by atoms with Gasteiger partial charge in [-0.2, -0.15) is 0 Å². The Labute approximate surface area is 111 Å². The van der Waals surface area contributed by atoms with Gasteiger partial charge in [0.1, 0.15) is 5.69 Å². The number of ether oxygens (including phenoxy) is 1. The number of hydrogen-bond donors (Lipinski definition) is 0. The van der Waals surface area contributed by atoms with Crippen LogP contribution in [-0.4, -0.2) is 46.1 Å². The second-order valence-electron chi connectivity index (χ2n) is 5.00. The molecule has 0 saturated carbocycles.